The van der Waals surface area contributed by atoms with Crippen LogP contribution in [0, 0.1) is 0 Å². The number of allylic oxidation sites excluding steroid dienone is 6. The van der Waals surface area contributed by atoms with Crippen LogP contribution in [0.3, 0.4) is 0 Å². The summed E-state index contributed by atoms with van der Waals surface area (Å²) in [6, 6.07) is 10.3. The van der Waals surface area contributed by atoms with Crippen molar-refractivity contribution in [3.8, 4) is 0 Å². The van der Waals surface area contributed by atoms with E-state index < -0.39 is 0 Å². The summed E-state index contributed by atoms with van der Waals surface area (Å²) in [5, 5.41) is 2.16. The highest BCUT2D eigenvalue weighted by molar-refractivity contribution is 8.10. The fraction of sp³-hybridized carbons (Fsp3) is 0.467. The number of unbranched alkanes of at least 4 members (excludes halogenated alkanes) is 3. The average Bonchev–Trinajstić information content (AvgIpc) is 2.82. The standard InChI is InChI=1S/C20H24S.C6H14.2C2H6/c1-7-19(13-16(4)15(2)3)17(5)14-21-18(6)20-11-9-8-10-12-20;1-3-5-6-4-2;2*1-2/h7-14H,2,6H2,1,3-5H3;3-6H2,1-2H3;2*1-2H3/b16-13+,17-14+,19-7+;;;. The molecule has 0 saturated heterocycles. The Bertz CT molecular complexity index is 653. The van der Waals surface area contributed by atoms with Crippen LogP contribution in [-0.2, 0) is 0 Å². The van der Waals surface area contributed by atoms with Crippen molar-refractivity contribution in [1.82, 2.24) is 0 Å². The van der Waals surface area contributed by atoms with Crippen LogP contribution in [-0.4, -0.2) is 0 Å². The third-order valence-electron chi connectivity index (χ3n) is 4.24. The molecule has 1 aromatic carbocycles. The third kappa shape index (κ3) is 18.7. The van der Waals surface area contributed by atoms with Crippen molar-refractivity contribution in [3.05, 3.63) is 88.9 Å². The lowest BCUT2D eigenvalue weighted by Gasteiger charge is -2.07. The highest BCUT2D eigenvalue weighted by Gasteiger charge is 2.00. The molecule has 0 aliphatic rings. The monoisotopic (exact) mass is 442 g/mol. The van der Waals surface area contributed by atoms with E-state index in [2.05, 4.69) is 77.5 Å². The van der Waals surface area contributed by atoms with Crippen LogP contribution in [0.4, 0.5) is 0 Å². The summed E-state index contributed by atoms with van der Waals surface area (Å²) in [4.78, 5) is 1.06. The van der Waals surface area contributed by atoms with Gasteiger partial charge < -0.3 is 0 Å². The topological polar surface area (TPSA) is 0 Å². The Morgan fingerprint density at radius 1 is 0.839 bits per heavy atom. The normalized spacial score (nSPS) is 11.1. The van der Waals surface area contributed by atoms with Gasteiger partial charge in [-0.05, 0) is 55.4 Å². The van der Waals surface area contributed by atoms with E-state index in [-0.39, 0.29) is 0 Å². The van der Waals surface area contributed by atoms with Gasteiger partial charge in [0.15, 0.2) is 0 Å². The van der Waals surface area contributed by atoms with Gasteiger partial charge in [0.1, 0.15) is 0 Å². The van der Waals surface area contributed by atoms with Gasteiger partial charge in [0.2, 0.25) is 0 Å². The number of thioether (sulfide) groups is 1. The first-order valence-electron chi connectivity index (χ1n) is 12.0. The Hall–Kier alpha value is -1.73. The minimum absolute atomic E-state index is 1.06. The van der Waals surface area contributed by atoms with Crippen LogP contribution in [0.5, 0.6) is 0 Å². The largest absolute Gasteiger partial charge is 0.0978 e. The molecule has 0 atom stereocenters. The Balaban J connectivity index is -0.000000663. The second kappa shape index (κ2) is 24.5. The number of hydrogen-bond acceptors (Lipinski definition) is 1. The van der Waals surface area contributed by atoms with Gasteiger partial charge in [0.25, 0.3) is 0 Å². The fourth-order valence-electron chi connectivity index (χ4n) is 2.20. The maximum absolute atomic E-state index is 4.14. The summed E-state index contributed by atoms with van der Waals surface area (Å²) in [6.07, 6.45) is 9.85. The van der Waals surface area contributed by atoms with Gasteiger partial charge in [-0.2, -0.15) is 0 Å². The predicted octanol–water partition coefficient (Wildman–Crippen LogP) is 11.4. The number of rotatable bonds is 9. The van der Waals surface area contributed by atoms with E-state index in [4.69, 9.17) is 0 Å². The minimum Gasteiger partial charge on any atom is -0.0978 e. The summed E-state index contributed by atoms with van der Waals surface area (Å²) in [5.41, 5.74) is 5.94. The predicted molar refractivity (Wildman–Crippen MR) is 152 cm³/mol. The summed E-state index contributed by atoms with van der Waals surface area (Å²) in [7, 11) is 0. The lowest BCUT2D eigenvalue weighted by Crippen LogP contribution is -1.85. The zero-order chi connectivity index (χ0) is 24.7. The van der Waals surface area contributed by atoms with E-state index in [9.17, 15) is 0 Å². The third-order valence-corrected chi connectivity index (χ3v) is 5.23. The second-order valence-electron chi connectivity index (χ2n) is 6.77. The molecular formula is C30H50S. The zero-order valence-electron chi connectivity index (χ0n) is 22.3. The van der Waals surface area contributed by atoms with Gasteiger partial charge in [-0.15, -0.1) is 0 Å². The molecule has 0 fully saturated rings. The molecule has 0 N–H and O–H groups in total. The van der Waals surface area contributed by atoms with Crippen molar-refractivity contribution in [3.63, 3.8) is 0 Å². The van der Waals surface area contributed by atoms with E-state index in [1.165, 1.54) is 48.0 Å². The van der Waals surface area contributed by atoms with Crippen molar-refractivity contribution in [2.75, 3.05) is 0 Å². The average molecular weight is 443 g/mol. The molecule has 1 heteroatoms. The highest BCUT2D eigenvalue weighted by atomic mass is 32.2. The zero-order valence-corrected chi connectivity index (χ0v) is 23.1. The molecule has 0 amide bonds. The fourth-order valence-corrected chi connectivity index (χ4v) is 2.93. The lowest BCUT2D eigenvalue weighted by molar-refractivity contribution is 0.702. The molecule has 1 rings (SSSR count). The van der Waals surface area contributed by atoms with Crippen LogP contribution in [0.25, 0.3) is 4.91 Å². The molecule has 0 bridgehead atoms. The van der Waals surface area contributed by atoms with E-state index in [1.54, 1.807) is 11.8 Å². The van der Waals surface area contributed by atoms with Crippen LogP contribution < -0.4 is 0 Å². The van der Waals surface area contributed by atoms with Gasteiger partial charge in [0, 0.05) is 4.91 Å². The van der Waals surface area contributed by atoms with E-state index >= 15 is 0 Å². The van der Waals surface area contributed by atoms with Crippen molar-refractivity contribution in [2.24, 2.45) is 0 Å². The Morgan fingerprint density at radius 2 is 1.32 bits per heavy atom. The Labute approximate surface area is 200 Å². The molecule has 0 saturated carbocycles. The molecule has 176 valence electrons. The highest BCUT2D eigenvalue weighted by Crippen LogP contribution is 2.29. The van der Waals surface area contributed by atoms with Gasteiger partial charge in [-0.25, -0.2) is 0 Å². The maximum atomic E-state index is 4.14. The maximum Gasteiger partial charge on any atom is 0.0116 e. The molecule has 0 aromatic heterocycles. The summed E-state index contributed by atoms with van der Waals surface area (Å²) >= 11 is 1.67. The van der Waals surface area contributed by atoms with Crippen LogP contribution in [0.2, 0.25) is 0 Å². The Morgan fingerprint density at radius 3 is 1.71 bits per heavy atom. The first-order chi connectivity index (χ1) is 14.9. The van der Waals surface area contributed by atoms with Gasteiger partial charge >= 0.3 is 0 Å². The molecule has 0 unspecified atom stereocenters. The SMILES string of the molecule is C=C(C)/C(C)=C/C(=C\C)C(/C)=C/SC(=C)c1ccccc1.CC.CC.CCCCCC. The first-order valence-corrected chi connectivity index (χ1v) is 12.8. The molecule has 0 aliphatic carbocycles. The first kappa shape index (κ1) is 33.9. The second-order valence-corrected chi connectivity index (χ2v) is 7.73. The smallest absolute Gasteiger partial charge is 0.0116 e. The molecule has 0 nitrogen and oxygen atoms in total. The van der Waals surface area contributed by atoms with Crippen molar-refractivity contribution in [1.29, 1.82) is 0 Å². The number of benzene rings is 1. The van der Waals surface area contributed by atoms with Gasteiger partial charge in [0.05, 0.1) is 0 Å². The minimum atomic E-state index is 1.06. The van der Waals surface area contributed by atoms with E-state index in [1.807, 2.05) is 52.8 Å². The molecular weight excluding hydrogens is 392 g/mol. The van der Waals surface area contributed by atoms with E-state index in [0.717, 1.165) is 10.5 Å². The molecule has 1 aromatic rings. The van der Waals surface area contributed by atoms with Crippen molar-refractivity contribution in [2.45, 2.75) is 94.9 Å². The lowest BCUT2D eigenvalue weighted by atomic mass is 10.0. The summed E-state index contributed by atoms with van der Waals surface area (Å²) in [5.74, 6) is 0. The summed E-state index contributed by atoms with van der Waals surface area (Å²) < 4.78 is 0. The molecule has 0 aliphatic heterocycles. The number of hydrogen-bond donors (Lipinski definition) is 0. The van der Waals surface area contributed by atoms with Crippen molar-refractivity contribution >= 4 is 16.7 Å². The summed E-state index contributed by atoms with van der Waals surface area (Å²) in [6.45, 7) is 28.9. The molecule has 31 heavy (non-hydrogen) atoms. The van der Waals surface area contributed by atoms with Gasteiger partial charge in [-0.3, -0.25) is 0 Å². The quantitative estimate of drug-likeness (QED) is 0.270. The molecule has 0 radical (unpaired) electrons. The van der Waals surface area contributed by atoms with Crippen LogP contribution in [0.1, 0.15) is 100 Å². The molecule has 0 heterocycles. The molecule has 0 spiro atoms. The van der Waals surface area contributed by atoms with Crippen LogP contribution in [0.15, 0.2) is 83.3 Å². The Kier molecular flexibility index (Phi) is 26.8. The van der Waals surface area contributed by atoms with Crippen molar-refractivity contribution < 1.29 is 0 Å². The van der Waals surface area contributed by atoms with Crippen LogP contribution >= 0.6 is 11.8 Å². The van der Waals surface area contributed by atoms with Gasteiger partial charge in [-0.1, -0.05) is 140 Å². The van der Waals surface area contributed by atoms with E-state index in [0.29, 0.717) is 0 Å².